The maximum Gasteiger partial charge on any atom is 0.191 e. The molecule has 2 heterocycles. The summed E-state index contributed by atoms with van der Waals surface area (Å²) in [6.07, 6.45) is 7.38. The largest absolute Gasteiger partial charge is 0.359 e. The molecule has 7 heteroatoms. The molecular formula is C19H34IN5O. The summed E-state index contributed by atoms with van der Waals surface area (Å²) in [4.78, 5) is 7.00. The van der Waals surface area contributed by atoms with Crippen molar-refractivity contribution >= 4 is 29.9 Å². The molecule has 26 heavy (non-hydrogen) atoms. The van der Waals surface area contributed by atoms with Gasteiger partial charge in [0.25, 0.3) is 0 Å². The normalized spacial score (nSPS) is 19.5. The van der Waals surface area contributed by atoms with E-state index in [-0.39, 0.29) is 24.0 Å². The summed E-state index contributed by atoms with van der Waals surface area (Å²) in [5.41, 5.74) is 1.07. The Balaban J connectivity index is 0.00000243. The molecule has 1 aromatic rings. The van der Waals surface area contributed by atoms with Gasteiger partial charge in [-0.05, 0) is 38.5 Å². The Bertz CT molecular complexity index is 560. The minimum atomic E-state index is 0. The highest BCUT2D eigenvalue weighted by molar-refractivity contribution is 14.0. The van der Waals surface area contributed by atoms with Gasteiger partial charge in [-0.3, -0.25) is 4.99 Å². The van der Waals surface area contributed by atoms with Crippen LogP contribution in [0.15, 0.2) is 15.6 Å². The Hall–Kier alpha value is -0.830. The fourth-order valence-electron chi connectivity index (χ4n) is 3.72. The molecule has 2 N–H and O–H groups in total. The first-order chi connectivity index (χ1) is 12.2. The van der Waals surface area contributed by atoms with Gasteiger partial charge in [-0.2, -0.15) is 0 Å². The number of hydrogen-bond acceptors (Lipinski definition) is 4. The molecule has 1 saturated carbocycles. The molecule has 6 nitrogen and oxygen atoms in total. The number of rotatable bonds is 7. The molecule has 0 aromatic carbocycles. The minimum Gasteiger partial charge on any atom is -0.359 e. The third-order valence-corrected chi connectivity index (χ3v) is 5.57. The average molecular weight is 475 g/mol. The molecule has 3 rings (SSSR count). The number of aromatic nitrogens is 1. The molecule has 1 saturated heterocycles. The number of aliphatic imine (C=N–C) groups is 1. The van der Waals surface area contributed by atoms with Crippen molar-refractivity contribution in [1.29, 1.82) is 0 Å². The van der Waals surface area contributed by atoms with E-state index in [1.165, 1.54) is 38.8 Å². The Morgan fingerprint density at radius 2 is 1.96 bits per heavy atom. The van der Waals surface area contributed by atoms with Crippen molar-refractivity contribution in [2.45, 2.75) is 76.9 Å². The highest BCUT2D eigenvalue weighted by atomic mass is 127. The SMILES string of the molecule is CCC(CC)c1cc(CNC(=NC)NC2CCN(C3CC3)CC2)on1.I. The van der Waals surface area contributed by atoms with Crippen LogP contribution >= 0.6 is 24.0 Å². The molecule has 2 fully saturated rings. The van der Waals surface area contributed by atoms with Gasteiger partial charge in [0.2, 0.25) is 0 Å². The Labute approximate surface area is 174 Å². The molecule has 1 aliphatic carbocycles. The van der Waals surface area contributed by atoms with Crippen molar-refractivity contribution in [1.82, 2.24) is 20.7 Å². The third kappa shape index (κ3) is 5.84. The summed E-state index contributed by atoms with van der Waals surface area (Å²) in [5.74, 6) is 2.21. The number of hydrogen-bond donors (Lipinski definition) is 2. The van der Waals surface area contributed by atoms with Crippen LogP contribution in [0.4, 0.5) is 0 Å². The second-order valence-electron chi connectivity index (χ2n) is 7.34. The zero-order chi connectivity index (χ0) is 17.6. The molecule has 0 atom stereocenters. The van der Waals surface area contributed by atoms with Crippen molar-refractivity contribution in [3.63, 3.8) is 0 Å². The van der Waals surface area contributed by atoms with Crippen molar-refractivity contribution in [2.24, 2.45) is 4.99 Å². The van der Waals surface area contributed by atoms with Crippen LogP contribution in [-0.2, 0) is 6.54 Å². The maximum absolute atomic E-state index is 5.48. The van der Waals surface area contributed by atoms with Crippen LogP contribution in [0.5, 0.6) is 0 Å². The smallest absolute Gasteiger partial charge is 0.191 e. The quantitative estimate of drug-likeness (QED) is 0.359. The zero-order valence-corrected chi connectivity index (χ0v) is 18.7. The summed E-state index contributed by atoms with van der Waals surface area (Å²) in [7, 11) is 1.82. The first kappa shape index (κ1) is 21.5. The van der Waals surface area contributed by atoms with E-state index in [1.807, 2.05) is 7.05 Å². The number of guanidine groups is 1. The number of nitrogens with zero attached hydrogens (tertiary/aromatic N) is 3. The summed E-state index contributed by atoms with van der Waals surface area (Å²) in [6.45, 7) is 7.43. The first-order valence-corrected chi connectivity index (χ1v) is 9.90. The van der Waals surface area contributed by atoms with E-state index >= 15 is 0 Å². The van der Waals surface area contributed by atoms with Gasteiger partial charge in [0.05, 0.1) is 12.2 Å². The fourth-order valence-corrected chi connectivity index (χ4v) is 3.72. The molecule has 2 aliphatic rings. The lowest BCUT2D eigenvalue weighted by Gasteiger charge is -2.33. The fraction of sp³-hybridized carbons (Fsp3) is 0.789. The second-order valence-corrected chi connectivity index (χ2v) is 7.34. The van der Waals surface area contributed by atoms with E-state index in [0.29, 0.717) is 18.5 Å². The van der Waals surface area contributed by atoms with E-state index < -0.39 is 0 Å². The van der Waals surface area contributed by atoms with Gasteiger partial charge in [-0.1, -0.05) is 19.0 Å². The van der Waals surface area contributed by atoms with E-state index in [9.17, 15) is 0 Å². The van der Waals surface area contributed by atoms with Crippen LogP contribution in [0.1, 0.15) is 69.7 Å². The second kappa shape index (κ2) is 10.5. The van der Waals surface area contributed by atoms with E-state index in [0.717, 1.165) is 36.3 Å². The average Bonchev–Trinajstić information content (AvgIpc) is 3.39. The predicted octanol–water partition coefficient (Wildman–Crippen LogP) is 3.49. The number of nitrogens with one attached hydrogen (secondary N) is 2. The highest BCUT2D eigenvalue weighted by Crippen LogP contribution is 2.29. The van der Waals surface area contributed by atoms with Gasteiger partial charge in [0.15, 0.2) is 11.7 Å². The van der Waals surface area contributed by atoms with Crippen LogP contribution in [0.3, 0.4) is 0 Å². The van der Waals surface area contributed by atoms with Gasteiger partial charge < -0.3 is 20.1 Å². The van der Waals surface area contributed by atoms with E-state index in [1.54, 1.807) is 0 Å². The molecule has 1 aliphatic heterocycles. The van der Waals surface area contributed by atoms with Crippen molar-refractivity contribution < 1.29 is 4.52 Å². The molecule has 0 radical (unpaired) electrons. The lowest BCUT2D eigenvalue weighted by molar-refractivity contribution is 0.197. The van der Waals surface area contributed by atoms with Crippen LogP contribution in [-0.4, -0.2) is 48.2 Å². The summed E-state index contributed by atoms with van der Waals surface area (Å²) < 4.78 is 5.48. The topological polar surface area (TPSA) is 65.7 Å². The van der Waals surface area contributed by atoms with Gasteiger partial charge >= 0.3 is 0 Å². The van der Waals surface area contributed by atoms with Crippen LogP contribution in [0.2, 0.25) is 0 Å². The molecular weight excluding hydrogens is 441 g/mol. The van der Waals surface area contributed by atoms with Gasteiger partial charge in [0, 0.05) is 44.2 Å². The zero-order valence-electron chi connectivity index (χ0n) is 16.3. The molecule has 0 bridgehead atoms. The lowest BCUT2D eigenvalue weighted by atomic mass is 9.99. The van der Waals surface area contributed by atoms with E-state index in [2.05, 4.69) is 45.6 Å². The molecule has 0 spiro atoms. The van der Waals surface area contributed by atoms with Crippen LogP contribution < -0.4 is 10.6 Å². The Morgan fingerprint density at radius 1 is 1.27 bits per heavy atom. The minimum absolute atomic E-state index is 0. The van der Waals surface area contributed by atoms with Gasteiger partial charge in [-0.25, -0.2) is 0 Å². The molecule has 148 valence electrons. The molecule has 1 aromatic heterocycles. The third-order valence-electron chi connectivity index (χ3n) is 5.57. The maximum atomic E-state index is 5.48. The van der Waals surface area contributed by atoms with E-state index in [4.69, 9.17) is 4.52 Å². The standard InChI is InChI=1S/C19H33N5O.HI/c1-4-14(5-2)18-12-17(25-23-18)13-21-19(20-3)22-15-8-10-24(11-9-15)16-6-7-16;/h12,14-16H,4-11,13H2,1-3H3,(H2,20,21,22);1H. The Kier molecular flexibility index (Phi) is 8.66. The lowest BCUT2D eigenvalue weighted by Crippen LogP contribution is -2.48. The highest BCUT2D eigenvalue weighted by Gasteiger charge is 2.31. The number of piperidine rings is 1. The number of likely N-dealkylation sites (tertiary alicyclic amines) is 1. The van der Waals surface area contributed by atoms with Crippen LogP contribution in [0, 0.1) is 0 Å². The number of halogens is 1. The first-order valence-electron chi connectivity index (χ1n) is 9.90. The van der Waals surface area contributed by atoms with Crippen molar-refractivity contribution in [3.8, 4) is 0 Å². The van der Waals surface area contributed by atoms with Gasteiger partial charge in [0.1, 0.15) is 0 Å². The summed E-state index contributed by atoms with van der Waals surface area (Å²) >= 11 is 0. The summed E-state index contributed by atoms with van der Waals surface area (Å²) in [6, 6.07) is 3.47. The predicted molar refractivity (Wildman–Crippen MR) is 116 cm³/mol. The Morgan fingerprint density at radius 3 is 2.54 bits per heavy atom. The van der Waals surface area contributed by atoms with Crippen LogP contribution in [0.25, 0.3) is 0 Å². The van der Waals surface area contributed by atoms with Crippen molar-refractivity contribution in [3.05, 3.63) is 17.5 Å². The molecule has 0 amide bonds. The monoisotopic (exact) mass is 475 g/mol. The molecule has 0 unspecified atom stereocenters. The summed E-state index contributed by atoms with van der Waals surface area (Å²) in [5, 5.41) is 11.1. The van der Waals surface area contributed by atoms with Crippen molar-refractivity contribution in [2.75, 3.05) is 20.1 Å². The van der Waals surface area contributed by atoms with Gasteiger partial charge in [-0.15, -0.1) is 24.0 Å².